The topological polar surface area (TPSA) is 77.7 Å². The highest BCUT2D eigenvalue weighted by Crippen LogP contribution is 2.26. The lowest BCUT2D eigenvalue weighted by atomic mass is 9.91. The Morgan fingerprint density at radius 3 is 2.21 bits per heavy atom. The highest BCUT2D eigenvalue weighted by Gasteiger charge is 2.24. The molecule has 2 aromatic heterocycles. The van der Waals surface area contributed by atoms with E-state index in [0.29, 0.717) is 21.9 Å². The molecule has 0 spiro atoms. The fraction of sp³-hybridized carbons (Fsp3) is 0.588. The first-order chi connectivity index (χ1) is 11.0. The molecule has 7 heteroatoms. The first-order valence-electron chi connectivity index (χ1n) is 7.85. The van der Waals surface area contributed by atoms with Crippen molar-refractivity contribution >= 4 is 34.5 Å². The first kappa shape index (κ1) is 18.6. The molecule has 0 saturated carbocycles. The molecule has 0 bridgehead atoms. The second-order valence-corrected chi connectivity index (χ2v) is 8.82. The van der Waals surface area contributed by atoms with Crippen LogP contribution in [0, 0.1) is 10.8 Å². The molecule has 0 aliphatic rings. The largest absolute Gasteiger partial charge is 0.308 e. The van der Waals surface area contributed by atoms with Crippen molar-refractivity contribution in [1.29, 1.82) is 0 Å². The van der Waals surface area contributed by atoms with Gasteiger partial charge < -0.3 is 4.57 Å². The molecule has 2 heterocycles. The van der Waals surface area contributed by atoms with Crippen molar-refractivity contribution in [1.82, 2.24) is 19.5 Å². The first-order valence-corrected chi connectivity index (χ1v) is 8.84. The fourth-order valence-electron chi connectivity index (χ4n) is 1.82. The number of thioether (sulfide) groups is 1. The van der Waals surface area contributed by atoms with E-state index < -0.39 is 5.41 Å². The van der Waals surface area contributed by atoms with E-state index in [9.17, 15) is 9.59 Å². The number of fused-ring (bicyclic) bond motifs is 1. The minimum Gasteiger partial charge on any atom is -0.308 e. The van der Waals surface area contributed by atoms with Gasteiger partial charge in [0, 0.05) is 10.8 Å². The van der Waals surface area contributed by atoms with E-state index in [1.54, 1.807) is 10.9 Å². The van der Waals surface area contributed by atoms with Crippen molar-refractivity contribution < 1.29 is 9.59 Å². The molecule has 130 valence electrons. The molecule has 0 atom stereocenters. The van der Waals surface area contributed by atoms with Gasteiger partial charge in [-0.1, -0.05) is 53.3 Å². The van der Waals surface area contributed by atoms with E-state index in [1.807, 2.05) is 41.5 Å². The van der Waals surface area contributed by atoms with E-state index >= 15 is 0 Å². The van der Waals surface area contributed by atoms with Gasteiger partial charge in [0.25, 0.3) is 0 Å². The van der Waals surface area contributed by atoms with Gasteiger partial charge in [-0.05, 0) is 0 Å². The van der Waals surface area contributed by atoms with Crippen molar-refractivity contribution in [3.05, 3.63) is 12.7 Å². The molecule has 0 radical (unpaired) electrons. The summed E-state index contributed by atoms with van der Waals surface area (Å²) in [6, 6.07) is 0. The SMILES string of the molecule is CC(C)(C)C(=O)CSc1ncnc2c1ncn2CC(=O)C(C)(C)C. The lowest BCUT2D eigenvalue weighted by Crippen LogP contribution is -2.24. The van der Waals surface area contributed by atoms with Crippen molar-refractivity contribution in [2.24, 2.45) is 10.8 Å². The van der Waals surface area contributed by atoms with Crippen molar-refractivity contribution in [3.8, 4) is 0 Å². The number of carbonyl (C=O) groups is 2. The smallest absolute Gasteiger partial charge is 0.164 e. The van der Waals surface area contributed by atoms with Gasteiger partial charge in [0.1, 0.15) is 22.7 Å². The number of nitrogens with zero attached hydrogens (tertiary/aromatic N) is 4. The van der Waals surface area contributed by atoms with Crippen LogP contribution in [0.15, 0.2) is 17.7 Å². The van der Waals surface area contributed by atoms with Gasteiger partial charge in [-0.25, -0.2) is 15.0 Å². The van der Waals surface area contributed by atoms with Gasteiger partial charge in [0.05, 0.1) is 18.6 Å². The molecule has 2 aromatic rings. The van der Waals surface area contributed by atoms with Gasteiger partial charge >= 0.3 is 0 Å². The molecule has 0 aliphatic carbocycles. The Balaban J connectivity index is 2.23. The van der Waals surface area contributed by atoms with E-state index in [4.69, 9.17) is 0 Å². The number of Topliss-reactive ketones (excluding diaryl/α,β-unsaturated/α-hetero) is 2. The zero-order valence-electron chi connectivity index (χ0n) is 15.1. The van der Waals surface area contributed by atoms with Crippen LogP contribution in [0.5, 0.6) is 0 Å². The highest BCUT2D eigenvalue weighted by molar-refractivity contribution is 8.00. The second-order valence-electron chi connectivity index (χ2n) is 7.86. The summed E-state index contributed by atoms with van der Waals surface area (Å²) in [6.45, 7) is 11.6. The maximum absolute atomic E-state index is 12.2. The molecule has 24 heavy (non-hydrogen) atoms. The van der Waals surface area contributed by atoms with Gasteiger partial charge in [-0.3, -0.25) is 9.59 Å². The predicted molar refractivity (Wildman–Crippen MR) is 95.0 cm³/mol. The Labute approximate surface area is 146 Å². The number of imidazole rings is 1. The van der Waals surface area contributed by atoms with Crippen LogP contribution in [-0.2, 0) is 16.1 Å². The summed E-state index contributed by atoms with van der Waals surface area (Å²) in [4.78, 5) is 37.2. The van der Waals surface area contributed by atoms with Crippen LogP contribution in [0.1, 0.15) is 41.5 Å². The molecule has 0 fully saturated rings. The van der Waals surface area contributed by atoms with Crippen molar-refractivity contribution in [2.45, 2.75) is 53.1 Å². The van der Waals surface area contributed by atoms with Gasteiger partial charge in [0.15, 0.2) is 11.4 Å². The van der Waals surface area contributed by atoms with E-state index in [1.165, 1.54) is 18.1 Å². The lowest BCUT2D eigenvalue weighted by molar-refractivity contribution is -0.126. The molecule has 6 nitrogen and oxygen atoms in total. The number of ketones is 2. The predicted octanol–water partition coefficient (Wildman–Crippen LogP) is 3.15. The Kier molecular flexibility index (Phi) is 5.13. The summed E-state index contributed by atoms with van der Waals surface area (Å²) in [6.07, 6.45) is 3.06. The Bertz CT molecular complexity index is 769. The van der Waals surface area contributed by atoms with E-state index in [-0.39, 0.29) is 23.5 Å². The third-order valence-electron chi connectivity index (χ3n) is 3.69. The van der Waals surface area contributed by atoms with Crippen LogP contribution >= 0.6 is 11.8 Å². The highest BCUT2D eigenvalue weighted by atomic mass is 32.2. The van der Waals surface area contributed by atoms with E-state index in [0.717, 1.165) is 0 Å². The van der Waals surface area contributed by atoms with E-state index in [2.05, 4.69) is 15.0 Å². The van der Waals surface area contributed by atoms with Gasteiger partial charge in [0.2, 0.25) is 0 Å². The van der Waals surface area contributed by atoms with Crippen LogP contribution in [0.4, 0.5) is 0 Å². The Morgan fingerprint density at radius 1 is 1.00 bits per heavy atom. The molecule has 0 amide bonds. The molecule has 0 aromatic carbocycles. The van der Waals surface area contributed by atoms with Gasteiger partial charge in [-0.2, -0.15) is 0 Å². The Morgan fingerprint density at radius 2 is 1.62 bits per heavy atom. The third kappa shape index (κ3) is 4.20. The summed E-state index contributed by atoms with van der Waals surface area (Å²) < 4.78 is 1.74. The third-order valence-corrected chi connectivity index (χ3v) is 4.67. The molecule has 0 N–H and O–H groups in total. The number of hydrogen-bond donors (Lipinski definition) is 0. The van der Waals surface area contributed by atoms with Crippen molar-refractivity contribution in [2.75, 3.05) is 5.75 Å². The minimum absolute atomic E-state index is 0.109. The fourth-order valence-corrected chi connectivity index (χ4v) is 2.93. The van der Waals surface area contributed by atoms with Crippen LogP contribution < -0.4 is 0 Å². The maximum Gasteiger partial charge on any atom is 0.164 e. The maximum atomic E-state index is 12.2. The normalized spacial score (nSPS) is 12.6. The summed E-state index contributed by atoms with van der Waals surface area (Å²) in [5, 5.41) is 0.666. The summed E-state index contributed by atoms with van der Waals surface area (Å²) >= 11 is 1.36. The molecule has 0 aliphatic heterocycles. The summed E-state index contributed by atoms with van der Waals surface area (Å²) in [7, 11) is 0. The Hall–Kier alpha value is -1.76. The monoisotopic (exact) mass is 348 g/mol. The number of carbonyl (C=O) groups excluding carboxylic acids is 2. The van der Waals surface area contributed by atoms with Crippen LogP contribution in [0.2, 0.25) is 0 Å². The summed E-state index contributed by atoms with van der Waals surface area (Å²) in [5.41, 5.74) is 0.456. The zero-order valence-corrected chi connectivity index (χ0v) is 15.9. The summed E-state index contributed by atoms with van der Waals surface area (Å²) in [5.74, 6) is 0.600. The van der Waals surface area contributed by atoms with Crippen LogP contribution in [-0.4, -0.2) is 36.8 Å². The zero-order chi connectivity index (χ0) is 18.1. The molecule has 0 unspecified atom stereocenters. The van der Waals surface area contributed by atoms with Crippen LogP contribution in [0.3, 0.4) is 0 Å². The average Bonchev–Trinajstić information content (AvgIpc) is 2.86. The lowest BCUT2D eigenvalue weighted by Gasteiger charge is -2.16. The number of hydrogen-bond acceptors (Lipinski definition) is 6. The number of rotatable bonds is 5. The van der Waals surface area contributed by atoms with Crippen LogP contribution in [0.25, 0.3) is 11.2 Å². The molecule has 0 saturated heterocycles. The molecular formula is C17H24N4O2S. The minimum atomic E-state index is -0.416. The van der Waals surface area contributed by atoms with Gasteiger partial charge in [-0.15, -0.1) is 0 Å². The second kappa shape index (κ2) is 6.63. The quantitative estimate of drug-likeness (QED) is 0.610. The standard InChI is InChI=1S/C17H24N4O2S/c1-16(2,3)11(22)7-21-10-20-13-14(21)18-9-19-15(13)24-8-12(23)17(4,5)6/h9-10H,7-8H2,1-6H3. The average molecular weight is 348 g/mol. The molecule has 2 rings (SSSR count). The van der Waals surface area contributed by atoms with Crippen molar-refractivity contribution in [3.63, 3.8) is 0 Å². The molecular weight excluding hydrogens is 324 g/mol. The number of aromatic nitrogens is 4.